The maximum atomic E-state index is 13.2. The van der Waals surface area contributed by atoms with Gasteiger partial charge in [-0.15, -0.1) is 0 Å². The molecule has 0 fully saturated rings. The quantitative estimate of drug-likeness (QED) is 0.576. The van der Waals surface area contributed by atoms with Crippen LogP contribution in [0.15, 0.2) is 18.2 Å². The second-order valence-corrected chi connectivity index (χ2v) is 9.16. The maximum absolute atomic E-state index is 13.2. The zero-order chi connectivity index (χ0) is 23.8. The molecule has 0 aliphatic heterocycles. The molecule has 0 spiro atoms. The minimum atomic E-state index is -0.787. The van der Waals surface area contributed by atoms with Gasteiger partial charge >= 0.3 is 6.09 Å². The molecule has 174 valence electrons. The Hall–Kier alpha value is -2.57. The van der Waals surface area contributed by atoms with Crippen molar-refractivity contribution in [3.63, 3.8) is 0 Å². The first-order valence-electron chi connectivity index (χ1n) is 11.0. The van der Waals surface area contributed by atoms with Gasteiger partial charge in [-0.2, -0.15) is 0 Å². The highest BCUT2D eigenvalue weighted by Gasteiger charge is 2.34. The van der Waals surface area contributed by atoms with E-state index in [4.69, 9.17) is 4.74 Å². The van der Waals surface area contributed by atoms with Gasteiger partial charge in [0.2, 0.25) is 11.8 Å². The summed E-state index contributed by atoms with van der Waals surface area (Å²) in [7, 11) is 0. The molecule has 0 bridgehead atoms. The SMILES string of the molecule is CCCCNC(=O)C(c1ccc(C)cc1C)N(C(=O)CNC(=O)OC(C)(C)C)C(C)C. The molecule has 0 radical (unpaired) electrons. The highest BCUT2D eigenvalue weighted by atomic mass is 16.6. The van der Waals surface area contributed by atoms with Gasteiger partial charge in [-0.05, 0) is 66.0 Å². The molecule has 1 aromatic rings. The molecule has 0 aromatic heterocycles. The standard InChI is InChI=1S/C24H39N3O4/c1-9-10-13-25-22(29)21(19-12-11-17(4)14-18(19)5)27(16(2)3)20(28)15-26-23(30)31-24(6,7)8/h11-12,14,16,21H,9-10,13,15H2,1-8H3,(H,25,29)(H,26,30). The Morgan fingerprint density at radius 2 is 1.74 bits per heavy atom. The van der Waals surface area contributed by atoms with Crippen molar-refractivity contribution in [3.8, 4) is 0 Å². The maximum Gasteiger partial charge on any atom is 0.408 e. The second-order valence-electron chi connectivity index (χ2n) is 9.16. The summed E-state index contributed by atoms with van der Waals surface area (Å²) in [6.45, 7) is 15.3. The predicted octanol–water partition coefficient (Wildman–Crippen LogP) is 4.02. The Morgan fingerprint density at radius 3 is 2.26 bits per heavy atom. The number of carbonyl (C=O) groups is 3. The molecular weight excluding hydrogens is 394 g/mol. The minimum absolute atomic E-state index is 0.222. The zero-order valence-electron chi connectivity index (χ0n) is 20.3. The molecule has 1 unspecified atom stereocenters. The molecule has 31 heavy (non-hydrogen) atoms. The van der Waals surface area contributed by atoms with Gasteiger partial charge in [-0.3, -0.25) is 9.59 Å². The van der Waals surface area contributed by atoms with Gasteiger partial charge in [0.15, 0.2) is 0 Å². The van der Waals surface area contributed by atoms with E-state index in [1.807, 2.05) is 45.9 Å². The van der Waals surface area contributed by atoms with Crippen LogP contribution in [0.2, 0.25) is 0 Å². The van der Waals surface area contributed by atoms with E-state index in [2.05, 4.69) is 17.6 Å². The van der Waals surface area contributed by atoms with E-state index >= 15 is 0 Å². The Labute approximate surface area is 186 Å². The number of nitrogens with one attached hydrogen (secondary N) is 2. The van der Waals surface area contributed by atoms with Gasteiger partial charge in [0.05, 0.1) is 0 Å². The van der Waals surface area contributed by atoms with Crippen LogP contribution in [0, 0.1) is 13.8 Å². The van der Waals surface area contributed by atoms with Crippen LogP contribution in [-0.2, 0) is 14.3 Å². The molecule has 7 nitrogen and oxygen atoms in total. The lowest BCUT2D eigenvalue weighted by atomic mass is 9.96. The zero-order valence-corrected chi connectivity index (χ0v) is 20.3. The van der Waals surface area contributed by atoms with Crippen LogP contribution in [-0.4, -0.2) is 47.5 Å². The summed E-state index contributed by atoms with van der Waals surface area (Å²) in [6, 6.07) is 4.81. The van der Waals surface area contributed by atoms with E-state index in [0.717, 1.165) is 29.5 Å². The fourth-order valence-corrected chi connectivity index (χ4v) is 3.32. The third kappa shape index (κ3) is 8.59. The summed E-state index contributed by atoms with van der Waals surface area (Å²) >= 11 is 0. The smallest absolute Gasteiger partial charge is 0.408 e. The Kier molecular flexibility index (Phi) is 10.0. The van der Waals surface area contributed by atoms with Crippen molar-refractivity contribution < 1.29 is 19.1 Å². The van der Waals surface area contributed by atoms with Crippen molar-refractivity contribution in [2.45, 2.75) is 85.9 Å². The Morgan fingerprint density at radius 1 is 1.10 bits per heavy atom. The van der Waals surface area contributed by atoms with Gasteiger partial charge in [0.1, 0.15) is 18.2 Å². The topological polar surface area (TPSA) is 87.7 Å². The van der Waals surface area contributed by atoms with E-state index in [0.29, 0.717) is 6.54 Å². The van der Waals surface area contributed by atoms with Crippen LogP contribution in [0.25, 0.3) is 0 Å². The predicted molar refractivity (Wildman–Crippen MR) is 123 cm³/mol. The van der Waals surface area contributed by atoms with Crippen molar-refractivity contribution in [2.24, 2.45) is 0 Å². The van der Waals surface area contributed by atoms with E-state index in [1.165, 1.54) is 4.90 Å². The fourth-order valence-electron chi connectivity index (χ4n) is 3.32. The van der Waals surface area contributed by atoms with Gasteiger partial charge < -0.3 is 20.3 Å². The minimum Gasteiger partial charge on any atom is -0.444 e. The van der Waals surface area contributed by atoms with Crippen LogP contribution in [0.1, 0.15) is 77.1 Å². The highest BCUT2D eigenvalue weighted by molar-refractivity contribution is 5.90. The molecule has 0 saturated carbocycles. The molecule has 7 heteroatoms. The molecule has 0 saturated heterocycles. The summed E-state index contributed by atoms with van der Waals surface area (Å²) in [5.41, 5.74) is 2.14. The largest absolute Gasteiger partial charge is 0.444 e. The number of rotatable bonds is 9. The Balaban J connectivity index is 3.18. The van der Waals surface area contributed by atoms with Gasteiger partial charge in [-0.1, -0.05) is 37.1 Å². The van der Waals surface area contributed by atoms with Gasteiger partial charge in [0, 0.05) is 12.6 Å². The number of ether oxygens (including phenoxy) is 1. The van der Waals surface area contributed by atoms with Crippen molar-refractivity contribution in [2.75, 3.05) is 13.1 Å². The molecule has 1 atom stereocenters. The van der Waals surface area contributed by atoms with Crippen LogP contribution in [0.4, 0.5) is 4.79 Å². The average Bonchev–Trinajstić information content (AvgIpc) is 2.63. The Bertz CT molecular complexity index is 769. The normalized spacial score (nSPS) is 12.3. The number of aryl methyl sites for hydroxylation is 2. The molecule has 2 N–H and O–H groups in total. The van der Waals surface area contributed by atoms with Crippen molar-refractivity contribution in [3.05, 3.63) is 34.9 Å². The molecule has 3 amide bonds. The third-order valence-corrected chi connectivity index (χ3v) is 4.70. The van der Waals surface area contributed by atoms with Crippen LogP contribution >= 0.6 is 0 Å². The monoisotopic (exact) mass is 433 g/mol. The molecule has 0 heterocycles. The lowest BCUT2D eigenvalue weighted by Gasteiger charge is -2.35. The number of hydrogen-bond acceptors (Lipinski definition) is 4. The first kappa shape index (κ1) is 26.5. The highest BCUT2D eigenvalue weighted by Crippen LogP contribution is 2.27. The first-order valence-corrected chi connectivity index (χ1v) is 11.0. The van der Waals surface area contributed by atoms with Crippen LogP contribution in [0.5, 0.6) is 0 Å². The summed E-state index contributed by atoms with van der Waals surface area (Å²) in [5, 5.41) is 5.48. The summed E-state index contributed by atoms with van der Waals surface area (Å²) in [4.78, 5) is 39.9. The lowest BCUT2D eigenvalue weighted by molar-refractivity contribution is -0.142. The lowest BCUT2D eigenvalue weighted by Crippen LogP contribution is -2.50. The number of unbranched alkanes of at least 4 members (excludes halogenated alkanes) is 1. The first-order chi connectivity index (χ1) is 14.4. The number of alkyl carbamates (subject to hydrolysis) is 1. The van der Waals surface area contributed by atoms with Crippen LogP contribution < -0.4 is 10.6 Å². The number of hydrogen-bond donors (Lipinski definition) is 2. The molecule has 0 aliphatic rings. The summed E-state index contributed by atoms with van der Waals surface area (Å²) in [6.07, 6.45) is 1.16. The van der Waals surface area contributed by atoms with Crippen molar-refractivity contribution in [1.82, 2.24) is 15.5 Å². The third-order valence-electron chi connectivity index (χ3n) is 4.70. The van der Waals surface area contributed by atoms with Gasteiger partial charge in [0.25, 0.3) is 0 Å². The summed E-state index contributed by atoms with van der Waals surface area (Å²) in [5.74, 6) is -0.573. The van der Waals surface area contributed by atoms with Gasteiger partial charge in [-0.25, -0.2) is 4.79 Å². The van der Waals surface area contributed by atoms with Crippen molar-refractivity contribution in [1.29, 1.82) is 0 Å². The van der Waals surface area contributed by atoms with Crippen molar-refractivity contribution >= 4 is 17.9 Å². The average molecular weight is 434 g/mol. The molecule has 0 aliphatic carbocycles. The molecule has 1 rings (SSSR count). The number of amides is 3. The molecular formula is C24H39N3O4. The fraction of sp³-hybridized carbons (Fsp3) is 0.625. The van der Waals surface area contributed by atoms with Crippen LogP contribution in [0.3, 0.4) is 0 Å². The number of nitrogens with zero attached hydrogens (tertiary/aromatic N) is 1. The number of benzene rings is 1. The second kappa shape index (κ2) is 11.7. The number of carbonyl (C=O) groups excluding carboxylic acids is 3. The van der Waals surface area contributed by atoms with E-state index in [-0.39, 0.29) is 24.4 Å². The van der Waals surface area contributed by atoms with E-state index < -0.39 is 17.7 Å². The summed E-state index contributed by atoms with van der Waals surface area (Å²) < 4.78 is 5.22. The van der Waals surface area contributed by atoms with E-state index in [9.17, 15) is 14.4 Å². The van der Waals surface area contributed by atoms with E-state index in [1.54, 1.807) is 20.8 Å². The molecule has 1 aromatic carbocycles.